The van der Waals surface area contributed by atoms with E-state index in [2.05, 4.69) is 36.6 Å². The van der Waals surface area contributed by atoms with Gasteiger partial charge in [-0.15, -0.1) is 0 Å². The van der Waals surface area contributed by atoms with Crippen LogP contribution < -0.4 is 21.2 Å². The van der Waals surface area contributed by atoms with Crippen molar-refractivity contribution in [3.8, 4) is 22.6 Å². The Balaban J connectivity index is 1.32. The first-order chi connectivity index (χ1) is 18.4. The molecular weight excluding hydrogens is 481 g/mol. The second-order valence-electron chi connectivity index (χ2n) is 9.59. The lowest BCUT2D eigenvalue weighted by Crippen LogP contribution is -2.56. The van der Waals surface area contributed by atoms with Gasteiger partial charge in [0.1, 0.15) is 17.3 Å². The number of pyridine rings is 1. The Morgan fingerprint density at radius 3 is 2.74 bits per heavy atom. The lowest BCUT2D eigenvalue weighted by Gasteiger charge is -2.37. The molecular formula is C28H26FN9. The third kappa shape index (κ3) is 4.35. The first kappa shape index (κ1) is 23.7. The highest BCUT2D eigenvalue weighted by Gasteiger charge is 2.24. The highest BCUT2D eigenvalue weighted by molar-refractivity contribution is 5.92. The maximum Gasteiger partial charge on any atom is 0.159 e. The number of hydrogen-bond donors (Lipinski definition) is 3. The number of halogens is 1. The van der Waals surface area contributed by atoms with Crippen molar-refractivity contribution in [1.29, 1.82) is 0 Å². The van der Waals surface area contributed by atoms with Crippen LogP contribution in [0.5, 0.6) is 0 Å². The molecule has 0 amide bonds. The average molecular weight is 508 g/mol. The van der Waals surface area contributed by atoms with Crippen molar-refractivity contribution >= 4 is 35.1 Å². The molecule has 1 aliphatic heterocycles. The number of anilines is 1. The molecule has 1 saturated heterocycles. The summed E-state index contributed by atoms with van der Waals surface area (Å²) >= 11 is 0. The van der Waals surface area contributed by atoms with Crippen LogP contribution >= 0.6 is 0 Å². The van der Waals surface area contributed by atoms with E-state index in [0.29, 0.717) is 27.8 Å². The van der Waals surface area contributed by atoms with E-state index < -0.39 is 0 Å². The lowest BCUT2D eigenvalue weighted by molar-refractivity contribution is 0.513. The normalized spacial score (nSPS) is 14.9. The minimum atomic E-state index is -0.300. The molecule has 1 fully saturated rings. The van der Waals surface area contributed by atoms with Gasteiger partial charge >= 0.3 is 0 Å². The van der Waals surface area contributed by atoms with Gasteiger partial charge in [-0.25, -0.2) is 14.4 Å². The van der Waals surface area contributed by atoms with E-state index in [1.807, 2.05) is 32.1 Å². The van der Waals surface area contributed by atoms with Gasteiger partial charge in [0, 0.05) is 36.1 Å². The number of hydrogen-bond acceptors (Lipinski definition) is 7. The maximum atomic E-state index is 14.1. The number of nitrogens with one attached hydrogen (secondary N) is 2. The Hall–Kier alpha value is -4.70. The fourth-order valence-electron chi connectivity index (χ4n) is 4.55. The van der Waals surface area contributed by atoms with E-state index in [-0.39, 0.29) is 11.9 Å². The van der Waals surface area contributed by atoms with Crippen LogP contribution in [-0.4, -0.2) is 54.2 Å². The number of aromatic nitrogens is 7. The van der Waals surface area contributed by atoms with E-state index in [4.69, 9.17) is 15.7 Å². The van der Waals surface area contributed by atoms with Crippen LogP contribution in [0.25, 0.3) is 51.9 Å². The van der Waals surface area contributed by atoms with Crippen LogP contribution in [0.3, 0.4) is 0 Å². The molecule has 10 heteroatoms. The number of aromatic amines is 2. The Labute approximate surface area is 217 Å². The summed E-state index contributed by atoms with van der Waals surface area (Å²) in [5, 5.41) is 8.94. The van der Waals surface area contributed by atoms with Gasteiger partial charge in [0.05, 0.1) is 40.7 Å². The third-order valence-corrected chi connectivity index (χ3v) is 6.63. The molecule has 0 spiro atoms. The Morgan fingerprint density at radius 1 is 1.13 bits per heavy atom. The van der Waals surface area contributed by atoms with E-state index >= 15 is 0 Å². The summed E-state index contributed by atoms with van der Waals surface area (Å²) in [4.78, 5) is 23.5. The fourth-order valence-corrected chi connectivity index (χ4v) is 4.55. The van der Waals surface area contributed by atoms with Gasteiger partial charge in [0.2, 0.25) is 0 Å². The van der Waals surface area contributed by atoms with E-state index in [1.54, 1.807) is 24.8 Å². The first-order valence-corrected chi connectivity index (χ1v) is 12.2. The van der Waals surface area contributed by atoms with Crippen LogP contribution in [0.1, 0.15) is 18.2 Å². The number of H-pyrrole nitrogens is 2. The van der Waals surface area contributed by atoms with Gasteiger partial charge in [0.15, 0.2) is 5.82 Å². The zero-order valence-corrected chi connectivity index (χ0v) is 21.0. The summed E-state index contributed by atoms with van der Waals surface area (Å²) in [5.41, 5.74) is 11.9. The number of nitrogens with two attached hydrogens (primary N) is 1. The monoisotopic (exact) mass is 507 g/mol. The zero-order valence-electron chi connectivity index (χ0n) is 21.0. The summed E-state index contributed by atoms with van der Waals surface area (Å²) in [6.07, 6.45) is 10.7. The quantitative estimate of drug-likeness (QED) is 0.334. The molecule has 1 aliphatic rings. The molecule has 9 nitrogen and oxygen atoms in total. The Kier molecular flexibility index (Phi) is 5.80. The molecule has 0 radical (unpaired) electrons. The van der Waals surface area contributed by atoms with Crippen molar-refractivity contribution in [2.75, 3.05) is 18.0 Å². The average Bonchev–Trinajstić information content (AvgIpc) is 3.47. The molecule has 5 heterocycles. The fraction of sp³-hybridized carbons (Fsp3) is 0.179. The second-order valence-corrected chi connectivity index (χ2v) is 9.59. The molecule has 0 saturated carbocycles. The van der Waals surface area contributed by atoms with Gasteiger partial charge in [-0.2, -0.15) is 5.10 Å². The van der Waals surface area contributed by atoms with Crippen molar-refractivity contribution < 1.29 is 4.39 Å². The van der Waals surface area contributed by atoms with Crippen molar-refractivity contribution in [3.05, 3.63) is 76.7 Å². The summed E-state index contributed by atoms with van der Waals surface area (Å²) in [5.74, 6) is 1.08. The highest BCUT2D eigenvalue weighted by atomic mass is 19.1. The number of rotatable bonds is 5. The minimum Gasteiger partial charge on any atom is -0.352 e. The number of aryl methyl sites for hydroxylation is 1. The summed E-state index contributed by atoms with van der Waals surface area (Å²) < 4.78 is 14.1. The predicted octanol–water partition coefficient (Wildman–Crippen LogP) is 2.69. The second kappa shape index (κ2) is 9.31. The largest absolute Gasteiger partial charge is 0.352 e. The smallest absolute Gasteiger partial charge is 0.159 e. The molecule has 5 aromatic rings. The Bertz CT molecular complexity index is 1790. The zero-order chi connectivity index (χ0) is 26.4. The summed E-state index contributed by atoms with van der Waals surface area (Å²) in [7, 11) is 0. The summed E-state index contributed by atoms with van der Waals surface area (Å²) in [6, 6.07) is 5.08. The van der Waals surface area contributed by atoms with Gasteiger partial charge in [-0.1, -0.05) is 18.7 Å². The maximum absolute atomic E-state index is 14.1. The summed E-state index contributed by atoms with van der Waals surface area (Å²) in [6.45, 7) is 9.63. The molecule has 4 N–H and O–H groups in total. The van der Waals surface area contributed by atoms with Crippen molar-refractivity contribution in [2.24, 2.45) is 5.73 Å². The van der Waals surface area contributed by atoms with Crippen molar-refractivity contribution in [2.45, 2.75) is 19.9 Å². The first-order valence-electron chi connectivity index (χ1n) is 12.2. The molecule has 1 aromatic carbocycles. The molecule has 0 bridgehead atoms. The predicted molar refractivity (Wildman–Crippen MR) is 147 cm³/mol. The number of imidazole rings is 1. The third-order valence-electron chi connectivity index (χ3n) is 6.63. The SMILES string of the molecule is C=c1c(-c2nc3c(-c4cc(C)cc(F)c4)cncc3[nH]2)n[nH]/c1=C/C=C(\C)c1cncc(N2CC(N)C2)n1. The molecule has 0 unspecified atom stereocenters. The van der Waals surface area contributed by atoms with E-state index in [1.165, 1.54) is 12.1 Å². The molecule has 0 atom stereocenters. The van der Waals surface area contributed by atoms with Crippen LogP contribution in [0, 0.1) is 12.7 Å². The number of benzene rings is 1. The molecule has 6 rings (SSSR count). The molecule has 0 aliphatic carbocycles. The van der Waals surface area contributed by atoms with Crippen LogP contribution in [0.4, 0.5) is 10.2 Å². The van der Waals surface area contributed by atoms with Crippen molar-refractivity contribution in [1.82, 2.24) is 35.1 Å². The van der Waals surface area contributed by atoms with Crippen LogP contribution in [0.2, 0.25) is 0 Å². The van der Waals surface area contributed by atoms with Gasteiger partial charge in [-0.3, -0.25) is 15.1 Å². The topological polar surface area (TPSA) is 125 Å². The Morgan fingerprint density at radius 2 is 1.95 bits per heavy atom. The van der Waals surface area contributed by atoms with Crippen LogP contribution in [0.15, 0.2) is 49.1 Å². The van der Waals surface area contributed by atoms with Gasteiger partial charge < -0.3 is 15.6 Å². The molecule has 38 heavy (non-hydrogen) atoms. The van der Waals surface area contributed by atoms with Crippen molar-refractivity contribution in [3.63, 3.8) is 0 Å². The number of allylic oxidation sites excluding steroid dienone is 2. The minimum absolute atomic E-state index is 0.190. The lowest BCUT2D eigenvalue weighted by atomic mass is 10.0. The van der Waals surface area contributed by atoms with E-state index in [9.17, 15) is 4.39 Å². The van der Waals surface area contributed by atoms with Gasteiger partial charge in [0.25, 0.3) is 0 Å². The number of nitrogens with zero attached hydrogens (tertiary/aromatic N) is 6. The van der Waals surface area contributed by atoms with Crippen LogP contribution in [-0.2, 0) is 0 Å². The van der Waals surface area contributed by atoms with Gasteiger partial charge in [-0.05, 0) is 48.8 Å². The molecule has 4 aromatic heterocycles. The highest BCUT2D eigenvalue weighted by Crippen LogP contribution is 2.29. The number of fused-ring (bicyclic) bond motifs is 1. The standard InChI is InChI=1S/C28H26FN9/c1-15-6-18(8-19(29)7-15)21-9-31-11-24-27(21)35-28(34-24)26-17(3)22(36-37-26)5-4-16(2)23-10-32-12-25(33-23)38-13-20(30)14-38/h4-12,20,36H,3,13-14,30H2,1-2H3,(H,34,35)/b16-4+,22-5+. The molecule has 190 valence electrons. The van der Waals surface area contributed by atoms with E-state index in [0.717, 1.165) is 52.2 Å².